The van der Waals surface area contributed by atoms with E-state index in [-0.39, 0.29) is 0 Å². The lowest BCUT2D eigenvalue weighted by atomic mass is 10.1. The average Bonchev–Trinajstić information content (AvgIpc) is 2.55. The van der Waals surface area contributed by atoms with Gasteiger partial charge in [-0.25, -0.2) is 0 Å². The van der Waals surface area contributed by atoms with Gasteiger partial charge in [-0.15, -0.1) is 0 Å². The lowest BCUT2D eigenvalue weighted by molar-refractivity contribution is 0.180. The third kappa shape index (κ3) is 3.10. The molecule has 1 aliphatic rings. The van der Waals surface area contributed by atoms with E-state index in [0.29, 0.717) is 6.04 Å². The molecular weight excluding hydrogens is 260 g/mol. The summed E-state index contributed by atoms with van der Waals surface area (Å²) in [5.41, 5.74) is 8.84. The summed E-state index contributed by atoms with van der Waals surface area (Å²) in [5.74, 6) is 0. The molecule has 1 fully saturated rings. The van der Waals surface area contributed by atoms with Crippen LogP contribution >= 0.6 is 0 Å². The van der Waals surface area contributed by atoms with Gasteiger partial charge in [0.25, 0.3) is 0 Å². The molecule has 4 nitrogen and oxygen atoms in total. The van der Waals surface area contributed by atoms with Gasteiger partial charge in [0, 0.05) is 29.9 Å². The largest absolute Gasteiger partial charge is 0.398 e. The maximum Gasteiger partial charge on any atom is 0.0953 e. The van der Waals surface area contributed by atoms with Crippen LogP contribution in [0.25, 0.3) is 10.9 Å². The van der Waals surface area contributed by atoms with E-state index in [1.54, 1.807) is 0 Å². The van der Waals surface area contributed by atoms with Crippen molar-refractivity contribution in [3.05, 3.63) is 30.5 Å². The summed E-state index contributed by atoms with van der Waals surface area (Å²) in [6.45, 7) is 5.69. The Bertz CT molecular complexity index is 605. The quantitative estimate of drug-likeness (QED) is 0.847. The lowest BCUT2D eigenvalue weighted by Gasteiger charge is -2.32. The van der Waals surface area contributed by atoms with Gasteiger partial charge in [-0.3, -0.25) is 9.88 Å². The van der Waals surface area contributed by atoms with Gasteiger partial charge in [-0.1, -0.05) is 6.42 Å². The minimum Gasteiger partial charge on any atom is -0.398 e. The number of pyridine rings is 1. The number of piperidine rings is 1. The molecule has 2 heterocycles. The van der Waals surface area contributed by atoms with Gasteiger partial charge in [-0.2, -0.15) is 0 Å². The highest BCUT2D eigenvalue weighted by Gasteiger charge is 2.16. The number of nitrogens with two attached hydrogens (primary N) is 1. The van der Waals surface area contributed by atoms with E-state index in [4.69, 9.17) is 5.73 Å². The van der Waals surface area contributed by atoms with Crippen molar-refractivity contribution in [1.82, 2.24) is 9.88 Å². The minimum atomic E-state index is 0.543. The third-order valence-corrected chi connectivity index (χ3v) is 4.41. The normalized spacial score (nSPS) is 17.8. The van der Waals surface area contributed by atoms with E-state index < -0.39 is 0 Å². The topological polar surface area (TPSA) is 54.2 Å². The predicted octanol–water partition coefficient (Wildman–Crippen LogP) is 3.10. The zero-order valence-corrected chi connectivity index (χ0v) is 12.7. The number of fused-ring (bicyclic) bond motifs is 1. The number of anilines is 2. The Kier molecular flexibility index (Phi) is 4.25. The summed E-state index contributed by atoms with van der Waals surface area (Å²) in [7, 11) is 0. The number of nitrogens with zero attached hydrogens (tertiary/aromatic N) is 2. The van der Waals surface area contributed by atoms with Crippen LogP contribution in [0.5, 0.6) is 0 Å². The fraction of sp³-hybridized carbons (Fsp3) is 0.471. The zero-order chi connectivity index (χ0) is 14.7. The fourth-order valence-electron chi connectivity index (χ4n) is 3.08. The Morgan fingerprint density at radius 3 is 2.86 bits per heavy atom. The molecule has 0 saturated carbocycles. The van der Waals surface area contributed by atoms with Crippen LogP contribution in [0.2, 0.25) is 0 Å². The van der Waals surface area contributed by atoms with Crippen LogP contribution in [0.1, 0.15) is 26.2 Å². The first kappa shape index (κ1) is 14.1. The Hall–Kier alpha value is -1.81. The summed E-state index contributed by atoms with van der Waals surface area (Å²) < 4.78 is 0. The van der Waals surface area contributed by atoms with Gasteiger partial charge in [0.15, 0.2) is 0 Å². The van der Waals surface area contributed by atoms with Gasteiger partial charge >= 0.3 is 0 Å². The van der Waals surface area contributed by atoms with Crippen molar-refractivity contribution in [3.8, 4) is 0 Å². The maximum absolute atomic E-state index is 6.02. The van der Waals surface area contributed by atoms with Gasteiger partial charge in [0.05, 0.1) is 11.2 Å². The molecule has 0 radical (unpaired) electrons. The van der Waals surface area contributed by atoms with E-state index in [1.807, 2.05) is 30.5 Å². The van der Waals surface area contributed by atoms with Gasteiger partial charge < -0.3 is 11.1 Å². The lowest BCUT2D eigenvalue weighted by Crippen LogP contribution is -2.41. The number of hydrogen-bond donors (Lipinski definition) is 2. The summed E-state index contributed by atoms with van der Waals surface area (Å²) >= 11 is 0. The molecule has 2 aromatic rings. The average molecular weight is 284 g/mol. The molecule has 3 N–H and O–H groups in total. The van der Waals surface area contributed by atoms with Crippen LogP contribution in [0.15, 0.2) is 30.5 Å². The van der Waals surface area contributed by atoms with Gasteiger partial charge in [0.1, 0.15) is 0 Å². The molecule has 3 rings (SSSR count). The fourth-order valence-corrected chi connectivity index (χ4v) is 3.08. The summed E-state index contributed by atoms with van der Waals surface area (Å²) in [4.78, 5) is 7.05. The smallest absolute Gasteiger partial charge is 0.0953 e. The minimum absolute atomic E-state index is 0.543. The molecule has 1 aromatic heterocycles. The predicted molar refractivity (Wildman–Crippen MR) is 89.5 cm³/mol. The van der Waals surface area contributed by atoms with Crippen molar-refractivity contribution in [2.75, 3.05) is 30.7 Å². The molecule has 0 amide bonds. The van der Waals surface area contributed by atoms with Crippen molar-refractivity contribution in [3.63, 3.8) is 0 Å². The Morgan fingerprint density at radius 2 is 2.05 bits per heavy atom. The molecule has 0 bridgehead atoms. The van der Waals surface area contributed by atoms with Crippen LogP contribution < -0.4 is 11.1 Å². The number of hydrogen-bond acceptors (Lipinski definition) is 4. The van der Waals surface area contributed by atoms with Crippen LogP contribution in [-0.2, 0) is 0 Å². The summed E-state index contributed by atoms with van der Waals surface area (Å²) in [6.07, 6.45) is 5.86. The molecule has 0 spiro atoms. The third-order valence-electron chi connectivity index (χ3n) is 4.41. The summed E-state index contributed by atoms with van der Waals surface area (Å²) in [5, 5.41) is 4.57. The van der Waals surface area contributed by atoms with Crippen molar-refractivity contribution in [2.45, 2.75) is 32.2 Å². The standard InChI is InChI=1S/C17H24N4/c1-13(21-10-3-2-4-11-21)12-20-16-8-7-15(18)14-6-5-9-19-17(14)16/h5-9,13,20H,2-4,10-12,18H2,1H3. The zero-order valence-electron chi connectivity index (χ0n) is 12.7. The highest BCUT2D eigenvalue weighted by molar-refractivity contribution is 5.98. The van der Waals surface area contributed by atoms with Crippen molar-refractivity contribution in [2.24, 2.45) is 0 Å². The second kappa shape index (κ2) is 6.31. The van der Waals surface area contributed by atoms with Crippen LogP contribution in [-0.4, -0.2) is 35.6 Å². The molecule has 1 saturated heterocycles. The Morgan fingerprint density at radius 1 is 1.24 bits per heavy atom. The molecule has 4 heteroatoms. The van der Waals surface area contributed by atoms with E-state index >= 15 is 0 Å². The first-order chi connectivity index (χ1) is 10.3. The molecule has 1 aliphatic heterocycles. The maximum atomic E-state index is 6.02. The van der Waals surface area contributed by atoms with Crippen LogP contribution in [0.3, 0.4) is 0 Å². The number of nitrogen functional groups attached to an aromatic ring is 1. The number of aromatic nitrogens is 1. The van der Waals surface area contributed by atoms with Crippen LogP contribution in [0.4, 0.5) is 11.4 Å². The van der Waals surface area contributed by atoms with E-state index in [2.05, 4.69) is 22.1 Å². The number of nitrogens with one attached hydrogen (secondary N) is 1. The van der Waals surface area contributed by atoms with Crippen molar-refractivity contribution >= 4 is 22.3 Å². The second-order valence-corrected chi connectivity index (χ2v) is 5.93. The molecular formula is C17H24N4. The van der Waals surface area contributed by atoms with Gasteiger partial charge in [-0.05, 0) is 57.1 Å². The van der Waals surface area contributed by atoms with E-state index in [9.17, 15) is 0 Å². The Labute approximate surface area is 126 Å². The molecule has 112 valence electrons. The first-order valence-electron chi connectivity index (χ1n) is 7.87. The van der Waals surface area contributed by atoms with E-state index in [0.717, 1.165) is 28.8 Å². The molecule has 0 aliphatic carbocycles. The highest BCUT2D eigenvalue weighted by atomic mass is 15.2. The monoisotopic (exact) mass is 284 g/mol. The number of likely N-dealkylation sites (tertiary alicyclic amines) is 1. The molecule has 21 heavy (non-hydrogen) atoms. The van der Waals surface area contributed by atoms with Crippen molar-refractivity contribution in [1.29, 1.82) is 0 Å². The number of rotatable bonds is 4. The van der Waals surface area contributed by atoms with Gasteiger partial charge in [0.2, 0.25) is 0 Å². The second-order valence-electron chi connectivity index (χ2n) is 5.93. The molecule has 1 aromatic carbocycles. The number of benzene rings is 1. The molecule has 1 atom stereocenters. The highest BCUT2D eigenvalue weighted by Crippen LogP contribution is 2.26. The SMILES string of the molecule is CC(CNc1ccc(N)c2cccnc12)N1CCCCC1. The first-order valence-corrected chi connectivity index (χ1v) is 7.87. The van der Waals surface area contributed by atoms with Crippen LogP contribution in [0, 0.1) is 0 Å². The summed E-state index contributed by atoms with van der Waals surface area (Å²) in [6, 6.07) is 8.49. The van der Waals surface area contributed by atoms with E-state index in [1.165, 1.54) is 32.4 Å². The van der Waals surface area contributed by atoms with Crippen molar-refractivity contribution < 1.29 is 0 Å². The Balaban J connectivity index is 1.72. The molecule has 1 unspecified atom stereocenters.